The van der Waals surface area contributed by atoms with Crippen LogP contribution < -0.4 is 5.73 Å². The lowest BCUT2D eigenvalue weighted by Gasteiger charge is -2.31. The molecule has 2 N–H and O–H groups in total. The highest BCUT2D eigenvalue weighted by atomic mass is 35.5. The summed E-state index contributed by atoms with van der Waals surface area (Å²) in [7, 11) is -2.98. The Morgan fingerprint density at radius 2 is 2.13 bits per heavy atom. The van der Waals surface area contributed by atoms with Gasteiger partial charge in [0, 0.05) is 13.1 Å². The molecule has 1 fully saturated rings. The van der Waals surface area contributed by atoms with Crippen molar-refractivity contribution in [3.8, 4) is 0 Å². The molecular weight excluding hydrogens is 236 g/mol. The average Bonchev–Trinajstić information content (AvgIpc) is 2.19. The molecule has 92 valence electrons. The Bertz CT molecular complexity index is 267. The quantitative estimate of drug-likeness (QED) is 0.810. The minimum Gasteiger partial charge on any atom is -0.330 e. The van der Waals surface area contributed by atoms with Crippen LogP contribution in [0, 0.1) is 5.92 Å². The molecule has 0 bridgehead atoms. The lowest BCUT2D eigenvalue weighted by Crippen LogP contribution is -2.41. The lowest BCUT2D eigenvalue weighted by atomic mass is 9.96. The summed E-state index contributed by atoms with van der Waals surface area (Å²) in [5.74, 6) is 0.678. The third-order valence-corrected chi connectivity index (χ3v) is 4.66. The van der Waals surface area contributed by atoms with Crippen molar-refractivity contribution in [3.05, 3.63) is 0 Å². The highest BCUT2D eigenvalue weighted by molar-refractivity contribution is 7.89. The van der Waals surface area contributed by atoms with Crippen molar-refractivity contribution in [1.82, 2.24) is 4.31 Å². The largest absolute Gasteiger partial charge is 0.330 e. The van der Waals surface area contributed by atoms with Gasteiger partial charge in [0.15, 0.2) is 0 Å². The van der Waals surface area contributed by atoms with Crippen LogP contribution in [0.15, 0.2) is 0 Å². The van der Waals surface area contributed by atoms with Crippen LogP contribution in [0.4, 0.5) is 0 Å². The van der Waals surface area contributed by atoms with Gasteiger partial charge in [0.1, 0.15) is 0 Å². The SMILES string of the molecule is CCS(=O)(=O)N1CCCC(CCN)C1.Cl. The Balaban J connectivity index is 0.00000196. The summed E-state index contributed by atoms with van der Waals surface area (Å²) in [4.78, 5) is 0. The van der Waals surface area contributed by atoms with E-state index in [1.165, 1.54) is 0 Å². The molecule has 0 aromatic carbocycles. The van der Waals surface area contributed by atoms with Crippen LogP contribution in [0.5, 0.6) is 0 Å². The fourth-order valence-electron chi connectivity index (χ4n) is 1.93. The first kappa shape index (κ1) is 15.2. The standard InChI is InChI=1S/C9H20N2O2S.ClH/c1-2-14(12,13)11-7-3-4-9(8-11)5-6-10;/h9H,2-8,10H2,1H3;1H. The van der Waals surface area contributed by atoms with E-state index in [4.69, 9.17) is 5.73 Å². The minimum absolute atomic E-state index is 0. The number of rotatable bonds is 4. The first-order chi connectivity index (χ1) is 6.60. The van der Waals surface area contributed by atoms with Gasteiger partial charge in [-0.1, -0.05) is 0 Å². The van der Waals surface area contributed by atoms with Crippen LogP contribution in [-0.2, 0) is 10.0 Å². The Kier molecular flexibility index (Phi) is 6.75. The second-order valence-electron chi connectivity index (χ2n) is 3.84. The summed E-state index contributed by atoms with van der Waals surface area (Å²) < 4.78 is 24.8. The van der Waals surface area contributed by atoms with E-state index in [0.717, 1.165) is 19.3 Å². The van der Waals surface area contributed by atoms with Gasteiger partial charge in [0.25, 0.3) is 0 Å². The summed E-state index contributed by atoms with van der Waals surface area (Å²) in [5.41, 5.74) is 5.48. The molecule has 0 spiro atoms. The maximum atomic E-state index is 11.6. The number of piperidine rings is 1. The van der Waals surface area contributed by atoms with E-state index in [-0.39, 0.29) is 18.2 Å². The number of hydrogen-bond acceptors (Lipinski definition) is 3. The molecule has 1 aliphatic rings. The predicted octanol–water partition coefficient (Wildman–Crippen LogP) is 0.819. The Morgan fingerprint density at radius 1 is 1.47 bits per heavy atom. The zero-order valence-corrected chi connectivity index (χ0v) is 10.8. The van der Waals surface area contributed by atoms with Crippen molar-refractivity contribution < 1.29 is 8.42 Å². The molecule has 15 heavy (non-hydrogen) atoms. The zero-order valence-electron chi connectivity index (χ0n) is 9.18. The molecule has 1 aliphatic heterocycles. The summed E-state index contributed by atoms with van der Waals surface area (Å²) in [6.07, 6.45) is 3.03. The van der Waals surface area contributed by atoms with Gasteiger partial charge >= 0.3 is 0 Å². The number of halogens is 1. The van der Waals surface area contributed by atoms with E-state index >= 15 is 0 Å². The third-order valence-electron chi connectivity index (χ3n) is 2.81. The van der Waals surface area contributed by atoms with Crippen molar-refractivity contribution in [3.63, 3.8) is 0 Å². The average molecular weight is 257 g/mol. The van der Waals surface area contributed by atoms with Crippen molar-refractivity contribution in [2.45, 2.75) is 26.2 Å². The zero-order chi connectivity index (χ0) is 10.6. The Morgan fingerprint density at radius 3 is 2.67 bits per heavy atom. The fraction of sp³-hybridized carbons (Fsp3) is 1.00. The summed E-state index contributed by atoms with van der Waals surface area (Å²) in [6.45, 7) is 3.72. The van der Waals surface area contributed by atoms with Gasteiger partial charge in [0.2, 0.25) is 10.0 Å². The van der Waals surface area contributed by atoms with Crippen LogP contribution in [0.3, 0.4) is 0 Å². The second kappa shape index (κ2) is 6.68. The van der Waals surface area contributed by atoms with Crippen LogP contribution >= 0.6 is 12.4 Å². The smallest absolute Gasteiger partial charge is 0.213 e. The predicted molar refractivity (Wildman–Crippen MR) is 64.7 cm³/mol. The first-order valence-corrected chi connectivity index (χ1v) is 6.89. The molecule has 0 saturated carbocycles. The normalized spacial score (nSPS) is 23.5. The molecule has 1 atom stereocenters. The molecule has 1 heterocycles. The third kappa shape index (κ3) is 4.26. The van der Waals surface area contributed by atoms with Crippen molar-refractivity contribution in [1.29, 1.82) is 0 Å². The molecule has 6 heteroatoms. The summed E-state index contributed by atoms with van der Waals surface area (Å²) >= 11 is 0. The second-order valence-corrected chi connectivity index (χ2v) is 6.10. The number of nitrogens with two attached hydrogens (primary N) is 1. The molecular formula is C9H21ClN2O2S. The number of nitrogens with zero attached hydrogens (tertiary/aromatic N) is 1. The van der Waals surface area contributed by atoms with Gasteiger partial charge in [-0.05, 0) is 38.6 Å². The van der Waals surface area contributed by atoms with Crippen molar-refractivity contribution >= 4 is 22.4 Å². The molecule has 0 aliphatic carbocycles. The van der Waals surface area contributed by atoms with Gasteiger partial charge in [0.05, 0.1) is 5.75 Å². The van der Waals surface area contributed by atoms with Gasteiger partial charge in [-0.3, -0.25) is 0 Å². The van der Waals surface area contributed by atoms with Crippen LogP contribution in [-0.4, -0.2) is 38.1 Å². The van der Waals surface area contributed by atoms with Gasteiger partial charge in [-0.15, -0.1) is 12.4 Å². The van der Waals surface area contributed by atoms with Gasteiger partial charge < -0.3 is 5.73 Å². The summed E-state index contributed by atoms with van der Waals surface area (Å²) in [6, 6.07) is 0. The highest BCUT2D eigenvalue weighted by Crippen LogP contribution is 2.21. The maximum absolute atomic E-state index is 11.6. The molecule has 4 nitrogen and oxygen atoms in total. The Labute approximate surface area is 98.7 Å². The van der Waals surface area contributed by atoms with Crippen LogP contribution in [0.1, 0.15) is 26.2 Å². The fourth-order valence-corrected chi connectivity index (χ4v) is 3.14. The van der Waals surface area contributed by atoms with Gasteiger partial charge in [-0.25, -0.2) is 12.7 Å². The molecule has 0 radical (unpaired) electrons. The minimum atomic E-state index is -2.98. The number of sulfonamides is 1. The molecule has 1 unspecified atom stereocenters. The van der Waals surface area contributed by atoms with E-state index in [0.29, 0.717) is 25.6 Å². The van der Waals surface area contributed by atoms with E-state index < -0.39 is 10.0 Å². The van der Waals surface area contributed by atoms with Crippen molar-refractivity contribution in [2.75, 3.05) is 25.4 Å². The molecule has 1 rings (SSSR count). The van der Waals surface area contributed by atoms with E-state index in [1.54, 1.807) is 11.2 Å². The van der Waals surface area contributed by atoms with Gasteiger partial charge in [-0.2, -0.15) is 0 Å². The first-order valence-electron chi connectivity index (χ1n) is 5.28. The maximum Gasteiger partial charge on any atom is 0.213 e. The molecule has 0 amide bonds. The molecule has 0 aromatic rings. The summed E-state index contributed by atoms with van der Waals surface area (Å²) in [5, 5.41) is 0. The van der Waals surface area contributed by atoms with Crippen LogP contribution in [0.2, 0.25) is 0 Å². The van der Waals surface area contributed by atoms with Crippen LogP contribution in [0.25, 0.3) is 0 Å². The lowest BCUT2D eigenvalue weighted by molar-refractivity contribution is 0.258. The van der Waals surface area contributed by atoms with E-state index in [9.17, 15) is 8.42 Å². The van der Waals surface area contributed by atoms with Crippen molar-refractivity contribution in [2.24, 2.45) is 11.7 Å². The number of hydrogen-bond donors (Lipinski definition) is 1. The topological polar surface area (TPSA) is 63.4 Å². The molecule has 0 aromatic heterocycles. The van der Waals surface area contributed by atoms with E-state index in [1.807, 2.05) is 0 Å². The molecule has 1 saturated heterocycles. The highest BCUT2D eigenvalue weighted by Gasteiger charge is 2.26. The monoisotopic (exact) mass is 256 g/mol. The Hall–Kier alpha value is 0.160. The van der Waals surface area contributed by atoms with E-state index in [2.05, 4.69) is 0 Å².